The molecule has 0 bridgehead atoms. The predicted octanol–water partition coefficient (Wildman–Crippen LogP) is 9.23. The zero-order chi connectivity index (χ0) is 53.2. The largest absolute Gasteiger partial charge is 0.486 e. The molecule has 9 N–H and O–H groups in total. The number of anilines is 6. The second-order valence-corrected chi connectivity index (χ2v) is 17.8. The highest BCUT2D eigenvalue weighted by Gasteiger charge is 2.15. The number of carboxylic acid groups (broad SMARTS) is 1. The third-order valence-corrected chi connectivity index (χ3v) is 11.2. The van der Waals surface area contributed by atoms with Crippen molar-refractivity contribution in [1.29, 1.82) is 0 Å². The lowest BCUT2D eigenvalue weighted by molar-refractivity contribution is -0.134. The number of nitrogen functional groups attached to an aromatic ring is 2. The van der Waals surface area contributed by atoms with Crippen molar-refractivity contribution in [2.75, 3.05) is 55.1 Å². The number of hydrogen-bond donors (Lipinski definition) is 7. The molecule has 2 aliphatic rings. The van der Waals surface area contributed by atoms with Gasteiger partial charge in [-0.15, -0.1) is 0 Å². The Bertz CT molecular complexity index is 3200. The van der Waals surface area contributed by atoms with Gasteiger partial charge in [-0.2, -0.15) is 4.98 Å². The van der Waals surface area contributed by atoms with Gasteiger partial charge in [0.2, 0.25) is 11.2 Å². The number of rotatable bonds is 7. The van der Waals surface area contributed by atoms with E-state index < -0.39 is 17.5 Å². The number of nitrogens with two attached hydrogens (primary N) is 2. The molecular weight excluding hydrogens is 1130 g/mol. The number of pyridine rings is 2. The van der Waals surface area contributed by atoms with Gasteiger partial charge in [-0.1, -0.05) is 18.5 Å². The molecule has 73 heavy (non-hydrogen) atoms. The van der Waals surface area contributed by atoms with Crippen LogP contribution in [0, 0.1) is 0 Å². The summed E-state index contributed by atoms with van der Waals surface area (Å²) in [4.78, 5) is 62.3. The summed E-state index contributed by atoms with van der Waals surface area (Å²) in [6, 6.07) is 15.5. The van der Waals surface area contributed by atoms with Crippen LogP contribution in [0.1, 0.15) is 41.5 Å². The molecule has 0 atom stereocenters. The van der Waals surface area contributed by atoms with Gasteiger partial charge in [0.15, 0.2) is 45.5 Å². The number of aromatic nitrogens is 8. The minimum Gasteiger partial charge on any atom is -0.486 e. The van der Waals surface area contributed by atoms with Gasteiger partial charge < -0.3 is 55.0 Å². The molecule has 0 saturated carbocycles. The van der Waals surface area contributed by atoms with Crippen molar-refractivity contribution in [3.05, 3.63) is 114 Å². The van der Waals surface area contributed by atoms with E-state index in [9.17, 15) is 9.59 Å². The Morgan fingerprint density at radius 3 is 1.78 bits per heavy atom. The zero-order valence-corrected chi connectivity index (χ0v) is 44.7. The van der Waals surface area contributed by atoms with Crippen LogP contribution in [-0.4, -0.2) is 101 Å². The van der Waals surface area contributed by atoms with Gasteiger partial charge in [0.05, 0.1) is 32.7 Å². The van der Waals surface area contributed by atoms with Crippen LogP contribution in [0.2, 0.25) is 10.4 Å². The second kappa shape index (κ2) is 27.6. The maximum Gasteiger partial charge on any atom is 0.418 e. The first-order chi connectivity index (χ1) is 34.8. The number of aliphatic carboxylic acids is 1. The first-order valence-electron chi connectivity index (χ1n) is 21.9. The summed E-state index contributed by atoms with van der Waals surface area (Å²) in [5.74, 6) is 1.90. The number of hydrogen-bond acceptors (Lipinski definition) is 20. The summed E-state index contributed by atoms with van der Waals surface area (Å²) in [7, 11) is 0. The standard InChI is InChI=1S/C18H13BrN6O4.C8H9NO2.C8H19N.C6H5N3O2.C4HBrCl2N2.C2H4O2/c19-11-8-21-17(23-9-1-2-12-13(5-9)28-4-3-27-12)24-15(11)22-10-6-14-16(20-7-10)25-18(26)29-14;9-6-1-2-7-8(5-6)11-4-3-10-7;1-6-9(7(2)3)8(4)5;7-3-1-4-5(8-2-3)9-6(10)11-4;5-2-1-8-4(7)9-3(2)6;1-2(3)4/h1-2,5-8H,3-4H2,(H,20,25,26)(H2,21,22,23,24);1-2,5H,3-4,9H2;7-8H,6H2,1-5H3;1-2H,7H2,(H,8,9,10);1H;1H3,(H,3,4). The molecule has 8 aromatic rings. The Labute approximate surface area is 443 Å². The van der Waals surface area contributed by atoms with Crippen molar-refractivity contribution >= 4 is 118 Å². The van der Waals surface area contributed by atoms with Crippen molar-refractivity contribution in [2.45, 2.75) is 53.6 Å². The Kier molecular flexibility index (Phi) is 21.4. The fourth-order valence-corrected chi connectivity index (χ4v) is 7.16. The van der Waals surface area contributed by atoms with Crippen LogP contribution in [0.4, 0.5) is 34.5 Å². The van der Waals surface area contributed by atoms with E-state index in [0.29, 0.717) is 115 Å². The lowest BCUT2D eigenvalue weighted by Gasteiger charge is -2.28. The molecule has 0 aliphatic carbocycles. The molecule has 6 aromatic heterocycles. The minimum atomic E-state index is -0.833. The lowest BCUT2D eigenvalue weighted by atomic mass is 10.2. The number of benzene rings is 2. The van der Waals surface area contributed by atoms with Crippen molar-refractivity contribution in [3.63, 3.8) is 0 Å². The van der Waals surface area contributed by atoms with Gasteiger partial charge >= 0.3 is 11.5 Å². The number of fused-ring (bicyclic) bond motifs is 4. The predicted molar refractivity (Wildman–Crippen MR) is 285 cm³/mol. The van der Waals surface area contributed by atoms with Gasteiger partial charge in [0.25, 0.3) is 5.97 Å². The average molecular weight is 1180 g/mol. The Morgan fingerprint density at radius 1 is 0.699 bits per heavy atom. The summed E-state index contributed by atoms with van der Waals surface area (Å²) in [5.41, 5.74) is 15.0. The number of H-pyrrole nitrogens is 2. The van der Waals surface area contributed by atoms with Crippen molar-refractivity contribution in [3.8, 4) is 23.0 Å². The van der Waals surface area contributed by atoms with E-state index in [1.807, 2.05) is 24.3 Å². The quantitative estimate of drug-likeness (QED) is 0.0444. The Morgan fingerprint density at radius 2 is 1.23 bits per heavy atom. The summed E-state index contributed by atoms with van der Waals surface area (Å²) < 4.78 is 32.7. The van der Waals surface area contributed by atoms with Crippen molar-refractivity contribution in [1.82, 2.24) is 44.8 Å². The summed E-state index contributed by atoms with van der Waals surface area (Å²) in [6.07, 6.45) is 6.14. The average Bonchev–Trinajstić information content (AvgIpc) is 3.91. The summed E-state index contributed by atoms with van der Waals surface area (Å²) in [6.45, 7) is 15.7. The molecule has 27 heteroatoms. The number of carbonyl (C=O) groups is 1. The summed E-state index contributed by atoms with van der Waals surface area (Å²) in [5, 5.41) is 14.2. The Balaban J connectivity index is 0.000000186. The SMILES string of the molecule is CC(=O)O.CCN(C(C)C)C(C)C.Clc1ncc(Br)c(Cl)n1.Nc1ccc2c(c1)OCCO2.Nc1cnc2[nH]c(=O)oc2c1.O=c1[nH]c2ncc(Nc3nc(Nc4ccc5c(c4)OCCO5)ncc3Br)cc2o1. The van der Waals surface area contributed by atoms with Crippen LogP contribution >= 0.6 is 55.1 Å². The van der Waals surface area contributed by atoms with E-state index in [2.05, 4.69) is 122 Å². The fraction of sp³-hybridized carbons (Fsp3) is 0.283. The molecular formula is C46H51Br2Cl2N13O10. The molecule has 10 rings (SSSR count). The highest BCUT2D eigenvalue weighted by atomic mass is 79.9. The molecule has 0 spiro atoms. The first kappa shape index (κ1) is 56.7. The lowest BCUT2D eigenvalue weighted by Crippen LogP contribution is -2.36. The monoisotopic (exact) mass is 1170 g/mol. The molecule has 0 saturated heterocycles. The number of carboxylic acids is 1. The van der Waals surface area contributed by atoms with Gasteiger partial charge in [0, 0.05) is 67.0 Å². The van der Waals surface area contributed by atoms with Gasteiger partial charge in [-0.3, -0.25) is 19.7 Å². The van der Waals surface area contributed by atoms with Crippen LogP contribution in [-0.2, 0) is 4.79 Å². The molecule has 0 radical (unpaired) electrons. The van der Waals surface area contributed by atoms with E-state index >= 15 is 0 Å². The molecule has 2 aliphatic heterocycles. The highest BCUT2D eigenvalue weighted by molar-refractivity contribution is 9.11. The number of halogens is 4. The van der Waals surface area contributed by atoms with Crippen LogP contribution in [0.3, 0.4) is 0 Å². The van der Waals surface area contributed by atoms with Gasteiger partial charge in [0.1, 0.15) is 37.4 Å². The van der Waals surface area contributed by atoms with E-state index in [4.69, 9.17) is 72.4 Å². The van der Waals surface area contributed by atoms with E-state index in [1.165, 1.54) is 12.4 Å². The number of oxazole rings is 2. The smallest absolute Gasteiger partial charge is 0.418 e. The zero-order valence-electron chi connectivity index (χ0n) is 40.0. The molecule has 0 amide bonds. The maximum absolute atomic E-state index is 11.3. The summed E-state index contributed by atoms with van der Waals surface area (Å²) >= 11 is 17.5. The molecule has 8 heterocycles. The molecule has 0 fully saturated rings. The van der Waals surface area contributed by atoms with Crippen molar-refractivity contribution in [2.24, 2.45) is 0 Å². The fourth-order valence-electron chi connectivity index (χ4n) is 6.38. The third kappa shape index (κ3) is 18.1. The normalized spacial score (nSPS) is 11.8. The van der Waals surface area contributed by atoms with E-state index in [1.54, 1.807) is 36.7 Å². The molecule has 388 valence electrons. The van der Waals surface area contributed by atoms with Gasteiger partial charge in [-0.05, 0) is 102 Å². The molecule has 2 aromatic carbocycles. The van der Waals surface area contributed by atoms with E-state index in [-0.39, 0.29) is 5.28 Å². The third-order valence-electron chi connectivity index (χ3n) is 9.31. The minimum absolute atomic E-state index is 0.156. The molecule has 0 unspecified atom stereocenters. The number of aromatic amines is 2. The van der Waals surface area contributed by atoms with Crippen molar-refractivity contribution < 1.29 is 37.7 Å². The highest BCUT2D eigenvalue weighted by Crippen LogP contribution is 2.34. The maximum atomic E-state index is 11.3. The van der Waals surface area contributed by atoms with Crippen LogP contribution in [0.25, 0.3) is 22.5 Å². The second-order valence-electron chi connectivity index (χ2n) is 15.4. The number of nitrogens with one attached hydrogen (secondary N) is 4. The van der Waals surface area contributed by atoms with Crippen LogP contribution < -0.4 is 52.6 Å². The molecule has 23 nitrogen and oxygen atoms in total. The van der Waals surface area contributed by atoms with E-state index in [0.717, 1.165) is 30.7 Å². The number of ether oxygens (including phenoxy) is 4. The van der Waals surface area contributed by atoms with Crippen LogP contribution in [0.15, 0.2) is 101 Å². The Hall–Kier alpha value is -7.19. The van der Waals surface area contributed by atoms with Gasteiger partial charge in [-0.25, -0.2) is 34.5 Å². The first-order valence-corrected chi connectivity index (χ1v) is 24.3. The number of nitrogens with zero attached hydrogens (tertiary/aromatic N) is 7. The topological polar surface area (TPSA) is 323 Å². The van der Waals surface area contributed by atoms with Crippen LogP contribution in [0.5, 0.6) is 23.0 Å².